The van der Waals surface area contributed by atoms with Crippen LogP contribution in [0.3, 0.4) is 0 Å². The van der Waals surface area contributed by atoms with Crippen LogP contribution in [0.15, 0.2) is 60.5 Å². The lowest BCUT2D eigenvalue weighted by Gasteiger charge is -2.42. The van der Waals surface area contributed by atoms with Gasteiger partial charge in [0.15, 0.2) is 0 Å². The van der Waals surface area contributed by atoms with E-state index in [-0.39, 0.29) is 11.5 Å². The van der Waals surface area contributed by atoms with Crippen molar-refractivity contribution in [1.29, 1.82) is 0 Å². The number of fused-ring (bicyclic) bond motifs is 1. The molecule has 0 bridgehead atoms. The normalized spacial score (nSPS) is 34.8. The van der Waals surface area contributed by atoms with E-state index in [1.54, 1.807) is 0 Å². The van der Waals surface area contributed by atoms with Gasteiger partial charge in [-0.1, -0.05) is 51.1 Å². The molecule has 2 heterocycles. The molecule has 5 rings (SSSR count). The number of allylic oxidation sites excluding steroid dienone is 3. The van der Waals surface area contributed by atoms with Crippen LogP contribution in [-0.2, 0) is 4.74 Å². The molecule has 5 atom stereocenters. The van der Waals surface area contributed by atoms with E-state index >= 15 is 0 Å². The molecule has 1 aromatic heterocycles. The van der Waals surface area contributed by atoms with Crippen molar-refractivity contribution in [3.63, 3.8) is 0 Å². The van der Waals surface area contributed by atoms with E-state index in [1.807, 2.05) is 12.4 Å². The minimum atomic E-state index is -0.787. The van der Waals surface area contributed by atoms with E-state index in [0.717, 1.165) is 24.8 Å². The Morgan fingerprint density at radius 3 is 2.73 bits per heavy atom. The van der Waals surface area contributed by atoms with Gasteiger partial charge in [0.2, 0.25) is 0 Å². The molecule has 37 heavy (non-hydrogen) atoms. The summed E-state index contributed by atoms with van der Waals surface area (Å²) in [6.45, 7) is 8.26. The van der Waals surface area contributed by atoms with Gasteiger partial charge in [-0.2, -0.15) is 0 Å². The molecule has 3 fully saturated rings. The molecule has 1 aromatic carbocycles. The molecule has 1 aliphatic heterocycles. The van der Waals surface area contributed by atoms with Crippen molar-refractivity contribution in [2.45, 2.75) is 88.9 Å². The molecule has 1 saturated heterocycles. The first kappa shape index (κ1) is 26.6. The molecule has 0 amide bonds. The third-order valence-corrected chi connectivity index (χ3v) is 9.86. The van der Waals surface area contributed by atoms with Gasteiger partial charge in [0.25, 0.3) is 0 Å². The molecule has 3 N–H and O–H groups in total. The van der Waals surface area contributed by atoms with Gasteiger partial charge < -0.3 is 20.3 Å². The number of nitrogens with one attached hydrogen (secondary N) is 1. The molecule has 2 aromatic rings. The Labute approximate surface area is 222 Å². The van der Waals surface area contributed by atoms with Crippen molar-refractivity contribution < 1.29 is 14.9 Å². The first-order chi connectivity index (χ1) is 17.7. The van der Waals surface area contributed by atoms with Gasteiger partial charge >= 0.3 is 0 Å². The highest BCUT2D eigenvalue weighted by atomic mass is 16.5. The summed E-state index contributed by atoms with van der Waals surface area (Å²) in [5, 5.41) is 27.7. The molecule has 200 valence electrons. The van der Waals surface area contributed by atoms with Gasteiger partial charge in [-0.15, -0.1) is 0 Å². The van der Waals surface area contributed by atoms with E-state index < -0.39 is 11.2 Å². The molecule has 0 spiro atoms. The Morgan fingerprint density at radius 2 is 1.97 bits per heavy atom. The molecule has 5 heteroatoms. The van der Waals surface area contributed by atoms with Gasteiger partial charge in [0, 0.05) is 30.4 Å². The van der Waals surface area contributed by atoms with E-state index in [9.17, 15) is 10.2 Å². The Hall–Kier alpha value is -2.05. The fourth-order valence-electron chi connectivity index (χ4n) is 6.90. The lowest BCUT2D eigenvalue weighted by molar-refractivity contribution is -0.176. The summed E-state index contributed by atoms with van der Waals surface area (Å²) in [7, 11) is 0. The Morgan fingerprint density at radius 1 is 1.14 bits per heavy atom. The highest BCUT2D eigenvalue weighted by Crippen LogP contribution is 2.55. The van der Waals surface area contributed by atoms with E-state index in [4.69, 9.17) is 4.74 Å². The first-order valence-electron chi connectivity index (χ1n) is 14.2. The van der Waals surface area contributed by atoms with Crippen LogP contribution in [0.4, 0.5) is 0 Å². The van der Waals surface area contributed by atoms with Crippen LogP contribution in [0, 0.1) is 11.3 Å². The van der Waals surface area contributed by atoms with Crippen molar-refractivity contribution in [3.05, 3.63) is 66.0 Å². The molecular weight excluding hydrogens is 460 g/mol. The van der Waals surface area contributed by atoms with Gasteiger partial charge in [-0.05, 0) is 90.9 Å². The van der Waals surface area contributed by atoms with Crippen molar-refractivity contribution >= 4 is 10.8 Å². The zero-order chi connectivity index (χ0) is 26.1. The Balaban J connectivity index is 1.24. The Kier molecular flexibility index (Phi) is 7.61. The van der Waals surface area contributed by atoms with Crippen LogP contribution in [-0.4, -0.2) is 52.2 Å². The molecule has 3 unspecified atom stereocenters. The molecule has 2 aliphatic carbocycles. The monoisotopic (exact) mass is 504 g/mol. The lowest BCUT2D eigenvalue weighted by atomic mass is 9.69. The van der Waals surface area contributed by atoms with Crippen molar-refractivity contribution in [3.8, 4) is 0 Å². The standard InChI is InChI=1S/C32H44N2O3/c1-4-32(36)18-28(34-20-31(35)21-37-22-31)12-11-27(32)7-5-6-15-30(3)23(2)8-13-29(30)25-10-9-24-14-16-33-19-26(24)17-25/h5-7,9-10,14,16-17,19,23,28-29,34-36H,4,8,11-13,15,18,20-22H2,1-3H3/b6-5+,27-7-/t23-,28?,29?,30?,32-/m1/s1. The highest BCUT2D eigenvalue weighted by Gasteiger charge is 2.44. The van der Waals surface area contributed by atoms with Crippen LogP contribution >= 0.6 is 0 Å². The molecule has 0 radical (unpaired) electrons. The maximum atomic E-state index is 11.5. The summed E-state index contributed by atoms with van der Waals surface area (Å²) in [4.78, 5) is 4.33. The third kappa shape index (κ3) is 5.42. The van der Waals surface area contributed by atoms with Crippen molar-refractivity contribution in [2.24, 2.45) is 11.3 Å². The largest absolute Gasteiger partial charge is 0.385 e. The summed E-state index contributed by atoms with van der Waals surface area (Å²) in [6, 6.07) is 9.21. The van der Waals surface area contributed by atoms with Crippen LogP contribution in [0.5, 0.6) is 0 Å². The summed E-state index contributed by atoms with van der Waals surface area (Å²) >= 11 is 0. The maximum Gasteiger partial charge on any atom is 0.123 e. The predicted octanol–water partition coefficient (Wildman–Crippen LogP) is 5.67. The van der Waals surface area contributed by atoms with Gasteiger partial charge in [0.05, 0.1) is 18.8 Å². The van der Waals surface area contributed by atoms with Crippen molar-refractivity contribution in [1.82, 2.24) is 10.3 Å². The number of aliphatic hydroxyl groups is 2. The SMILES string of the molecule is CC[C@@]1(O)CC(NCC2(O)COC2)CC/C1=C/C=C/CC1(C)C(c2ccc3ccncc3c2)CC[C@H]1C. The fourth-order valence-corrected chi connectivity index (χ4v) is 6.90. The maximum absolute atomic E-state index is 11.5. The van der Waals surface area contributed by atoms with Crippen LogP contribution in [0.1, 0.15) is 77.2 Å². The predicted molar refractivity (Wildman–Crippen MR) is 149 cm³/mol. The van der Waals surface area contributed by atoms with E-state index in [1.165, 1.54) is 29.2 Å². The van der Waals surface area contributed by atoms with Crippen LogP contribution < -0.4 is 5.32 Å². The first-order valence-corrected chi connectivity index (χ1v) is 14.2. The number of rotatable bonds is 8. The molecular formula is C32H44N2O3. The fraction of sp³-hybridized carbons (Fsp3) is 0.594. The van der Waals surface area contributed by atoms with Crippen molar-refractivity contribution in [2.75, 3.05) is 19.8 Å². The summed E-state index contributed by atoms with van der Waals surface area (Å²) in [5.74, 6) is 1.19. The zero-order valence-corrected chi connectivity index (χ0v) is 22.7. The second-order valence-corrected chi connectivity index (χ2v) is 12.3. The number of hydrogen-bond acceptors (Lipinski definition) is 5. The van der Waals surface area contributed by atoms with Gasteiger partial charge in [-0.25, -0.2) is 0 Å². The summed E-state index contributed by atoms with van der Waals surface area (Å²) in [6.07, 6.45) is 17.3. The van der Waals surface area contributed by atoms with E-state index in [0.29, 0.717) is 44.4 Å². The van der Waals surface area contributed by atoms with E-state index in [2.05, 4.69) is 73.6 Å². The number of ether oxygens (including phenoxy) is 1. The Bertz CT molecular complexity index is 1160. The number of hydrogen-bond donors (Lipinski definition) is 3. The number of nitrogens with zero attached hydrogens (tertiary/aromatic N) is 1. The smallest absolute Gasteiger partial charge is 0.123 e. The minimum Gasteiger partial charge on any atom is -0.385 e. The second-order valence-electron chi connectivity index (χ2n) is 12.3. The minimum absolute atomic E-state index is 0.207. The number of pyridine rings is 1. The number of benzene rings is 1. The quantitative estimate of drug-likeness (QED) is 0.432. The summed E-state index contributed by atoms with van der Waals surface area (Å²) < 4.78 is 5.15. The average molecular weight is 505 g/mol. The van der Waals surface area contributed by atoms with Crippen LogP contribution in [0.25, 0.3) is 10.8 Å². The molecule has 2 saturated carbocycles. The summed E-state index contributed by atoms with van der Waals surface area (Å²) in [5.41, 5.74) is 1.25. The average Bonchev–Trinajstić information content (AvgIpc) is 3.18. The lowest BCUT2D eigenvalue weighted by Crippen LogP contribution is -2.58. The third-order valence-electron chi connectivity index (χ3n) is 9.86. The second kappa shape index (κ2) is 10.6. The van der Waals surface area contributed by atoms with Gasteiger partial charge in [0.1, 0.15) is 5.60 Å². The highest BCUT2D eigenvalue weighted by molar-refractivity contribution is 5.82. The number of aromatic nitrogens is 1. The molecule has 3 aliphatic rings. The molecule has 5 nitrogen and oxygen atoms in total. The van der Waals surface area contributed by atoms with Crippen LogP contribution in [0.2, 0.25) is 0 Å². The zero-order valence-electron chi connectivity index (χ0n) is 22.7. The van der Waals surface area contributed by atoms with Gasteiger partial charge in [-0.3, -0.25) is 4.98 Å². The topological polar surface area (TPSA) is 74.6 Å².